The molecule has 2 N–H and O–H groups in total. The third-order valence-electron chi connectivity index (χ3n) is 4.43. The van der Waals surface area contributed by atoms with Crippen molar-refractivity contribution in [2.75, 3.05) is 11.9 Å². The monoisotopic (exact) mass is 309 g/mol. The Morgan fingerprint density at radius 3 is 3.09 bits per heavy atom. The van der Waals surface area contributed by atoms with Crippen molar-refractivity contribution < 1.29 is 5.11 Å². The molecular weight excluding hydrogens is 290 g/mol. The van der Waals surface area contributed by atoms with E-state index in [1.54, 1.807) is 6.33 Å². The zero-order chi connectivity index (χ0) is 15.6. The van der Waals surface area contributed by atoms with Crippen LogP contribution in [0, 0.1) is 0 Å². The molecule has 2 heterocycles. The van der Waals surface area contributed by atoms with Crippen molar-refractivity contribution in [3.63, 3.8) is 0 Å². The van der Waals surface area contributed by atoms with Gasteiger partial charge in [-0.3, -0.25) is 4.68 Å². The molecule has 0 unspecified atom stereocenters. The summed E-state index contributed by atoms with van der Waals surface area (Å²) in [5.41, 5.74) is 3.38. The molecule has 1 aromatic carbocycles. The molecule has 0 fully saturated rings. The SMILES string of the molecule is OCCn1ncc2c1CCC[C@H]2Nc1ncnc2ccccc12. The summed E-state index contributed by atoms with van der Waals surface area (Å²) >= 11 is 0. The predicted molar refractivity (Wildman–Crippen MR) is 88.2 cm³/mol. The van der Waals surface area contributed by atoms with Crippen molar-refractivity contribution in [2.24, 2.45) is 0 Å². The summed E-state index contributed by atoms with van der Waals surface area (Å²) in [4.78, 5) is 8.74. The van der Waals surface area contributed by atoms with E-state index in [4.69, 9.17) is 5.11 Å². The third kappa shape index (κ3) is 2.55. The Morgan fingerprint density at radius 1 is 1.26 bits per heavy atom. The van der Waals surface area contributed by atoms with Crippen LogP contribution in [0.4, 0.5) is 5.82 Å². The highest BCUT2D eigenvalue weighted by atomic mass is 16.3. The van der Waals surface area contributed by atoms with Gasteiger partial charge in [-0.1, -0.05) is 12.1 Å². The molecule has 118 valence electrons. The average Bonchev–Trinajstić information content (AvgIpc) is 3.00. The van der Waals surface area contributed by atoms with E-state index in [9.17, 15) is 0 Å². The summed E-state index contributed by atoms with van der Waals surface area (Å²) in [6.07, 6.45) is 6.69. The summed E-state index contributed by atoms with van der Waals surface area (Å²) in [6, 6.07) is 8.22. The number of nitrogens with one attached hydrogen (secondary N) is 1. The van der Waals surface area contributed by atoms with E-state index in [1.165, 1.54) is 11.3 Å². The normalized spacial score (nSPS) is 17.2. The maximum atomic E-state index is 9.17. The molecule has 0 spiro atoms. The first-order chi connectivity index (χ1) is 11.4. The van der Waals surface area contributed by atoms with Gasteiger partial charge in [-0.25, -0.2) is 9.97 Å². The van der Waals surface area contributed by atoms with Crippen molar-refractivity contribution in [1.29, 1.82) is 0 Å². The lowest BCUT2D eigenvalue weighted by molar-refractivity contribution is 0.266. The summed E-state index contributed by atoms with van der Waals surface area (Å²) in [5.74, 6) is 0.864. The Kier molecular flexibility index (Phi) is 3.67. The predicted octanol–water partition coefficient (Wildman–Crippen LogP) is 2.31. The Labute approximate surface area is 134 Å². The largest absolute Gasteiger partial charge is 0.394 e. The van der Waals surface area contributed by atoms with Gasteiger partial charge in [0.05, 0.1) is 30.9 Å². The van der Waals surface area contributed by atoms with Gasteiger partial charge in [-0.2, -0.15) is 5.10 Å². The molecule has 1 aliphatic rings. The number of hydrogen-bond acceptors (Lipinski definition) is 5. The quantitative estimate of drug-likeness (QED) is 0.773. The molecule has 0 radical (unpaired) electrons. The Bertz CT molecular complexity index is 823. The summed E-state index contributed by atoms with van der Waals surface area (Å²) in [6.45, 7) is 0.668. The highest BCUT2D eigenvalue weighted by Crippen LogP contribution is 2.33. The van der Waals surface area contributed by atoms with Crippen molar-refractivity contribution in [3.05, 3.63) is 48.0 Å². The van der Waals surface area contributed by atoms with Crippen LogP contribution < -0.4 is 5.32 Å². The first-order valence-corrected chi connectivity index (χ1v) is 7.98. The van der Waals surface area contributed by atoms with Crippen molar-refractivity contribution in [2.45, 2.75) is 31.8 Å². The number of rotatable bonds is 4. The van der Waals surface area contributed by atoms with Crippen LogP contribution in [0.25, 0.3) is 10.9 Å². The molecule has 6 heteroatoms. The highest BCUT2D eigenvalue weighted by Gasteiger charge is 2.24. The van der Waals surface area contributed by atoms with Crippen LogP contribution >= 0.6 is 0 Å². The lowest BCUT2D eigenvalue weighted by atomic mass is 9.93. The molecule has 0 amide bonds. The molecule has 6 nitrogen and oxygen atoms in total. The van der Waals surface area contributed by atoms with Crippen LogP contribution in [0.1, 0.15) is 30.1 Å². The fraction of sp³-hybridized carbons (Fsp3) is 0.353. The first-order valence-electron chi connectivity index (χ1n) is 7.98. The fourth-order valence-corrected chi connectivity index (χ4v) is 3.34. The summed E-state index contributed by atoms with van der Waals surface area (Å²) in [7, 11) is 0. The molecule has 0 bridgehead atoms. The standard InChI is InChI=1S/C17H19N5O/c23-9-8-22-16-7-3-6-15(13(16)10-20-22)21-17-12-4-1-2-5-14(12)18-11-19-17/h1-2,4-5,10-11,15,23H,3,6-9H2,(H,18,19,21)/t15-/m1/s1. The first kappa shape index (κ1) is 14.1. The zero-order valence-electron chi connectivity index (χ0n) is 12.8. The molecule has 4 rings (SSSR count). The van der Waals surface area contributed by atoms with Crippen LogP contribution in [0.2, 0.25) is 0 Å². The van der Waals surface area contributed by atoms with Crippen LogP contribution in [0.3, 0.4) is 0 Å². The average molecular weight is 309 g/mol. The zero-order valence-corrected chi connectivity index (χ0v) is 12.8. The van der Waals surface area contributed by atoms with Gasteiger partial charge in [0.25, 0.3) is 0 Å². The number of aromatic nitrogens is 4. The maximum absolute atomic E-state index is 9.17. The van der Waals surface area contributed by atoms with Gasteiger partial charge >= 0.3 is 0 Å². The summed E-state index contributed by atoms with van der Waals surface area (Å²) < 4.78 is 1.92. The van der Waals surface area contributed by atoms with E-state index < -0.39 is 0 Å². The second-order valence-corrected chi connectivity index (χ2v) is 5.82. The van der Waals surface area contributed by atoms with Crippen molar-refractivity contribution in [3.8, 4) is 0 Å². The van der Waals surface area contributed by atoms with E-state index in [0.717, 1.165) is 36.0 Å². The van der Waals surface area contributed by atoms with Crippen molar-refractivity contribution in [1.82, 2.24) is 19.7 Å². The molecular formula is C17H19N5O. The van der Waals surface area contributed by atoms with Gasteiger partial charge in [0.15, 0.2) is 0 Å². The number of benzene rings is 1. The maximum Gasteiger partial charge on any atom is 0.137 e. The van der Waals surface area contributed by atoms with E-state index in [-0.39, 0.29) is 12.6 Å². The van der Waals surface area contributed by atoms with Crippen LogP contribution in [-0.4, -0.2) is 31.5 Å². The van der Waals surface area contributed by atoms with Gasteiger partial charge in [-0.05, 0) is 31.4 Å². The smallest absolute Gasteiger partial charge is 0.137 e. The van der Waals surface area contributed by atoms with Gasteiger partial charge in [0.2, 0.25) is 0 Å². The fourth-order valence-electron chi connectivity index (χ4n) is 3.34. The number of hydrogen-bond donors (Lipinski definition) is 2. The second kappa shape index (κ2) is 5.96. The molecule has 0 saturated carbocycles. The minimum absolute atomic E-state index is 0.114. The molecule has 1 aliphatic carbocycles. The van der Waals surface area contributed by atoms with Gasteiger partial charge in [0.1, 0.15) is 12.1 Å². The van der Waals surface area contributed by atoms with E-state index in [0.29, 0.717) is 6.54 Å². The molecule has 23 heavy (non-hydrogen) atoms. The van der Waals surface area contributed by atoms with Gasteiger partial charge in [-0.15, -0.1) is 0 Å². The molecule has 1 atom stereocenters. The third-order valence-corrected chi connectivity index (χ3v) is 4.43. The molecule has 2 aromatic heterocycles. The minimum atomic E-state index is 0.114. The van der Waals surface area contributed by atoms with Crippen LogP contribution in [0.15, 0.2) is 36.8 Å². The number of para-hydroxylation sites is 1. The Balaban J connectivity index is 1.68. The van der Waals surface area contributed by atoms with E-state index in [1.807, 2.05) is 35.1 Å². The van der Waals surface area contributed by atoms with Crippen LogP contribution in [-0.2, 0) is 13.0 Å². The second-order valence-electron chi connectivity index (χ2n) is 5.82. The number of aliphatic hydroxyl groups is 1. The molecule has 3 aromatic rings. The number of nitrogens with zero attached hydrogens (tertiary/aromatic N) is 4. The highest BCUT2D eigenvalue weighted by molar-refractivity contribution is 5.88. The molecule has 0 aliphatic heterocycles. The number of aliphatic hydroxyl groups excluding tert-OH is 1. The van der Waals surface area contributed by atoms with Crippen molar-refractivity contribution >= 4 is 16.7 Å². The van der Waals surface area contributed by atoms with Crippen LogP contribution in [0.5, 0.6) is 0 Å². The Morgan fingerprint density at radius 2 is 2.17 bits per heavy atom. The van der Waals surface area contributed by atoms with Gasteiger partial charge < -0.3 is 10.4 Å². The van der Waals surface area contributed by atoms with Gasteiger partial charge in [0, 0.05) is 16.6 Å². The number of anilines is 1. The van der Waals surface area contributed by atoms with E-state index >= 15 is 0 Å². The van der Waals surface area contributed by atoms with E-state index in [2.05, 4.69) is 20.4 Å². The lowest BCUT2D eigenvalue weighted by Crippen LogP contribution is -2.19. The summed E-state index contributed by atoms with van der Waals surface area (Å²) in [5, 5.41) is 18.2. The Hall–Kier alpha value is -2.47. The minimum Gasteiger partial charge on any atom is -0.394 e. The number of fused-ring (bicyclic) bond motifs is 2. The topological polar surface area (TPSA) is 75.9 Å². The lowest BCUT2D eigenvalue weighted by Gasteiger charge is -2.25. The molecule has 0 saturated heterocycles.